The van der Waals surface area contributed by atoms with E-state index in [0.29, 0.717) is 6.07 Å². The first-order valence-corrected chi connectivity index (χ1v) is 8.23. The third kappa shape index (κ3) is 4.67. The van der Waals surface area contributed by atoms with Crippen molar-refractivity contribution < 1.29 is 32.3 Å². The van der Waals surface area contributed by atoms with Gasteiger partial charge in [-0.05, 0) is 31.2 Å². The van der Waals surface area contributed by atoms with Gasteiger partial charge >= 0.3 is 5.97 Å². The zero-order valence-corrected chi connectivity index (χ0v) is 15.1. The molecule has 0 radical (unpaired) electrons. The van der Waals surface area contributed by atoms with Crippen molar-refractivity contribution in [3.05, 3.63) is 59.4 Å². The second-order valence-corrected chi connectivity index (χ2v) is 5.61. The van der Waals surface area contributed by atoms with E-state index in [9.17, 15) is 27.6 Å². The smallest absolute Gasteiger partial charge is 0.340 e. The molecule has 0 unspecified atom stereocenters. The van der Waals surface area contributed by atoms with Crippen molar-refractivity contribution in [3.63, 3.8) is 0 Å². The molecule has 0 fully saturated rings. The third-order valence-corrected chi connectivity index (χ3v) is 3.68. The fraction of sp³-hybridized carbons (Fsp3) is 0.211. The minimum Gasteiger partial charge on any atom is -0.462 e. The number of para-hydroxylation sites is 1. The summed E-state index contributed by atoms with van der Waals surface area (Å²) in [5.74, 6) is -6.82. The molecule has 0 aromatic heterocycles. The Bertz CT molecular complexity index is 918. The molecular weight excluding hydrogens is 377 g/mol. The lowest BCUT2D eigenvalue weighted by Crippen LogP contribution is -2.37. The molecule has 2 rings (SSSR count). The van der Waals surface area contributed by atoms with Gasteiger partial charge in [0.2, 0.25) is 11.8 Å². The number of hydrogen-bond acceptors (Lipinski definition) is 4. The zero-order valence-electron chi connectivity index (χ0n) is 15.1. The Kier molecular flexibility index (Phi) is 6.75. The van der Waals surface area contributed by atoms with E-state index < -0.39 is 47.5 Å². The van der Waals surface area contributed by atoms with Crippen molar-refractivity contribution in [2.45, 2.75) is 13.8 Å². The van der Waals surface area contributed by atoms with Gasteiger partial charge in [-0.3, -0.25) is 9.59 Å². The van der Waals surface area contributed by atoms with E-state index in [1.54, 1.807) is 19.1 Å². The standard InChI is InChI=1S/C19H17F3N2O4/c1-3-28-19(27)12-6-4-5-7-15(12)24(11(2)25)10-16(26)23-14-9-8-13(20)17(21)18(14)22/h4-9H,3,10H2,1-2H3,(H,23,26). The number of benzene rings is 2. The van der Waals surface area contributed by atoms with Gasteiger partial charge in [-0.1, -0.05) is 12.1 Å². The monoisotopic (exact) mass is 394 g/mol. The highest BCUT2D eigenvalue weighted by Gasteiger charge is 2.23. The minimum absolute atomic E-state index is 0.0614. The number of halogens is 3. The highest BCUT2D eigenvalue weighted by atomic mass is 19.2. The van der Waals surface area contributed by atoms with Crippen LogP contribution in [0.3, 0.4) is 0 Å². The van der Waals surface area contributed by atoms with Crippen molar-refractivity contribution >= 4 is 29.2 Å². The number of esters is 1. The van der Waals surface area contributed by atoms with Gasteiger partial charge in [0.25, 0.3) is 0 Å². The number of nitrogens with one attached hydrogen (secondary N) is 1. The number of carbonyl (C=O) groups excluding carboxylic acids is 3. The van der Waals surface area contributed by atoms with E-state index in [0.717, 1.165) is 11.0 Å². The Hall–Kier alpha value is -3.36. The lowest BCUT2D eigenvalue weighted by molar-refractivity contribution is -0.120. The molecule has 28 heavy (non-hydrogen) atoms. The summed E-state index contributed by atoms with van der Waals surface area (Å²) in [4.78, 5) is 37.4. The molecule has 2 aromatic rings. The van der Waals surface area contributed by atoms with Gasteiger partial charge in [0.15, 0.2) is 17.5 Å². The molecule has 1 N–H and O–H groups in total. The minimum atomic E-state index is -1.73. The molecule has 6 nitrogen and oxygen atoms in total. The van der Waals surface area contributed by atoms with Crippen LogP contribution in [0.5, 0.6) is 0 Å². The summed E-state index contributed by atoms with van der Waals surface area (Å²) in [5.41, 5.74) is -0.396. The lowest BCUT2D eigenvalue weighted by atomic mass is 10.1. The molecule has 0 spiro atoms. The van der Waals surface area contributed by atoms with E-state index in [1.165, 1.54) is 19.1 Å². The highest BCUT2D eigenvalue weighted by Crippen LogP contribution is 2.23. The van der Waals surface area contributed by atoms with Crippen LogP contribution in [0.2, 0.25) is 0 Å². The van der Waals surface area contributed by atoms with Crippen molar-refractivity contribution in [1.29, 1.82) is 0 Å². The Morgan fingerprint density at radius 2 is 1.71 bits per heavy atom. The van der Waals surface area contributed by atoms with Crippen LogP contribution in [-0.4, -0.2) is 30.9 Å². The predicted molar refractivity (Wildman–Crippen MR) is 95.4 cm³/mol. The van der Waals surface area contributed by atoms with Gasteiger partial charge in [-0.2, -0.15) is 0 Å². The van der Waals surface area contributed by atoms with E-state index >= 15 is 0 Å². The fourth-order valence-electron chi connectivity index (χ4n) is 2.41. The first-order chi connectivity index (χ1) is 13.3. The summed E-state index contributed by atoms with van der Waals surface area (Å²) in [6.45, 7) is 2.31. The van der Waals surface area contributed by atoms with E-state index in [1.807, 2.05) is 0 Å². The number of ether oxygens (including phenoxy) is 1. The molecule has 0 atom stereocenters. The number of anilines is 2. The van der Waals surface area contributed by atoms with Gasteiger partial charge in [0, 0.05) is 6.92 Å². The van der Waals surface area contributed by atoms with Gasteiger partial charge in [0.1, 0.15) is 6.54 Å². The first kappa shape index (κ1) is 20.9. The largest absolute Gasteiger partial charge is 0.462 e. The highest BCUT2D eigenvalue weighted by molar-refractivity contribution is 6.06. The Labute approximate surface area is 158 Å². The van der Waals surface area contributed by atoms with E-state index in [4.69, 9.17) is 4.74 Å². The van der Waals surface area contributed by atoms with Crippen LogP contribution >= 0.6 is 0 Å². The summed E-state index contributed by atoms with van der Waals surface area (Å²) < 4.78 is 44.9. The summed E-state index contributed by atoms with van der Waals surface area (Å²) in [7, 11) is 0. The summed E-state index contributed by atoms with van der Waals surface area (Å²) in [5, 5.41) is 2.08. The van der Waals surface area contributed by atoms with Gasteiger partial charge in [0.05, 0.1) is 23.5 Å². The van der Waals surface area contributed by atoms with Crippen LogP contribution in [0.4, 0.5) is 24.5 Å². The second kappa shape index (κ2) is 9.03. The number of carbonyl (C=O) groups is 3. The number of hydrogen-bond donors (Lipinski definition) is 1. The predicted octanol–water partition coefficient (Wildman–Crippen LogP) is 3.27. The maximum atomic E-state index is 13.7. The van der Waals surface area contributed by atoms with Gasteiger partial charge in [-0.15, -0.1) is 0 Å². The Morgan fingerprint density at radius 3 is 2.36 bits per heavy atom. The Balaban J connectivity index is 2.27. The molecule has 0 heterocycles. The first-order valence-electron chi connectivity index (χ1n) is 8.23. The van der Waals surface area contributed by atoms with Crippen LogP contribution in [0.1, 0.15) is 24.2 Å². The molecule has 9 heteroatoms. The molecule has 0 saturated heterocycles. The van der Waals surface area contributed by atoms with Crippen LogP contribution < -0.4 is 10.2 Å². The molecule has 0 bridgehead atoms. The molecule has 0 aliphatic rings. The zero-order chi connectivity index (χ0) is 20.8. The number of rotatable bonds is 6. The van der Waals surface area contributed by atoms with Gasteiger partial charge in [-0.25, -0.2) is 18.0 Å². The molecule has 148 valence electrons. The summed E-state index contributed by atoms with van der Waals surface area (Å²) >= 11 is 0. The normalized spacial score (nSPS) is 10.3. The van der Waals surface area contributed by atoms with Crippen LogP contribution in [0, 0.1) is 17.5 Å². The van der Waals surface area contributed by atoms with Crippen molar-refractivity contribution in [1.82, 2.24) is 0 Å². The number of nitrogens with zero attached hydrogens (tertiary/aromatic N) is 1. The molecule has 0 saturated carbocycles. The summed E-state index contributed by atoms with van der Waals surface area (Å²) in [6, 6.07) is 7.50. The molecule has 0 aliphatic heterocycles. The van der Waals surface area contributed by atoms with Crippen molar-refractivity contribution in [2.75, 3.05) is 23.4 Å². The quantitative estimate of drug-likeness (QED) is 0.603. The average Bonchev–Trinajstić information content (AvgIpc) is 2.66. The molecule has 2 aromatic carbocycles. The SMILES string of the molecule is CCOC(=O)c1ccccc1N(CC(=O)Nc1ccc(F)c(F)c1F)C(C)=O. The maximum Gasteiger partial charge on any atom is 0.340 e. The van der Waals surface area contributed by atoms with Crippen LogP contribution in [-0.2, 0) is 14.3 Å². The topological polar surface area (TPSA) is 75.7 Å². The van der Waals surface area contributed by atoms with E-state index in [2.05, 4.69) is 5.32 Å². The fourth-order valence-corrected chi connectivity index (χ4v) is 2.41. The average molecular weight is 394 g/mol. The van der Waals surface area contributed by atoms with Crippen LogP contribution in [0.25, 0.3) is 0 Å². The maximum absolute atomic E-state index is 13.7. The number of amides is 2. The van der Waals surface area contributed by atoms with Crippen molar-refractivity contribution in [2.24, 2.45) is 0 Å². The third-order valence-electron chi connectivity index (χ3n) is 3.68. The molecular formula is C19H17F3N2O4. The van der Waals surface area contributed by atoms with Crippen molar-refractivity contribution in [3.8, 4) is 0 Å². The van der Waals surface area contributed by atoms with E-state index in [-0.39, 0.29) is 17.9 Å². The van der Waals surface area contributed by atoms with Crippen LogP contribution in [0.15, 0.2) is 36.4 Å². The summed E-state index contributed by atoms with van der Waals surface area (Å²) in [6.07, 6.45) is 0. The van der Waals surface area contributed by atoms with Gasteiger partial charge < -0.3 is 15.0 Å². The Morgan fingerprint density at radius 1 is 1.04 bits per heavy atom. The molecule has 0 aliphatic carbocycles. The molecule has 2 amide bonds. The second-order valence-electron chi connectivity index (χ2n) is 5.61. The lowest BCUT2D eigenvalue weighted by Gasteiger charge is -2.23.